The summed E-state index contributed by atoms with van der Waals surface area (Å²) in [5, 5.41) is 8.76. The molecule has 110 valence electrons. The summed E-state index contributed by atoms with van der Waals surface area (Å²) < 4.78 is 0. The zero-order valence-corrected chi connectivity index (χ0v) is 12.2. The van der Waals surface area contributed by atoms with Gasteiger partial charge in [0.2, 0.25) is 11.8 Å². The molecule has 1 aliphatic heterocycles. The average Bonchev–Trinajstić information content (AvgIpc) is 2.74. The van der Waals surface area contributed by atoms with Gasteiger partial charge in [0.15, 0.2) is 0 Å². The van der Waals surface area contributed by atoms with E-state index in [2.05, 4.69) is 6.07 Å². The van der Waals surface area contributed by atoms with Crippen molar-refractivity contribution in [2.45, 2.75) is 19.8 Å². The zero-order valence-electron chi connectivity index (χ0n) is 12.2. The topological polar surface area (TPSA) is 64.4 Å². The fourth-order valence-electron chi connectivity index (χ4n) is 2.47. The fourth-order valence-corrected chi connectivity index (χ4v) is 2.47. The van der Waals surface area contributed by atoms with E-state index < -0.39 is 0 Å². The van der Waals surface area contributed by atoms with Crippen molar-refractivity contribution in [1.29, 1.82) is 5.26 Å². The number of nitriles is 1. The smallest absolute Gasteiger partial charge is 0.227 e. The molecule has 1 aliphatic rings. The molecule has 0 N–H and O–H groups in total. The van der Waals surface area contributed by atoms with E-state index in [-0.39, 0.29) is 11.8 Å². The number of carbonyl (C=O) groups is 2. The van der Waals surface area contributed by atoms with Crippen LogP contribution in [0.25, 0.3) is 0 Å². The highest BCUT2D eigenvalue weighted by Gasteiger charge is 2.20. The predicted octanol–water partition coefficient (Wildman–Crippen LogP) is 1.18. The molecule has 0 aliphatic carbocycles. The number of nitrogens with zero attached hydrogens (tertiary/aromatic N) is 3. The van der Waals surface area contributed by atoms with Crippen LogP contribution in [0.3, 0.4) is 0 Å². The Morgan fingerprint density at radius 3 is 2.33 bits per heavy atom. The van der Waals surface area contributed by atoms with Gasteiger partial charge in [-0.2, -0.15) is 5.26 Å². The molecule has 0 aromatic heterocycles. The fraction of sp³-hybridized carbons (Fsp3) is 0.438. The minimum atomic E-state index is 0.0661. The van der Waals surface area contributed by atoms with Gasteiger partial charge in [0.25, 0.3) is 0 Å². The Balaban J connectivity index is 1.93. The lowest BCUT2D eigenvalue weighted by Gasteiger charge is -2.21. The lowest BCUT2D eigenvalue weighted by molar-refractivity contribution is -0.132. The van der Waals surface area contributed by atoms with Crippen molar-refractivity contribution in [2.75, 3.05) is 26.2 Å². The molecule has 1 heterocycles. The molecule has 0 unspecified atom stereocenters. The molecule has 1 fully saturated rings. The van der Waals surface area contributed by atoms with Gasteiger partial charge in [0, 0.05) is 33.1 Å². The van der Waals surface area contributed by atoms with Gasteiger partial charge in [-0.05, 0) is 24.1 Å². The molecule has 0 saturated carbocycles. The van der Waals surface area contributed by atoms with E-state index in [1.165, 1.54) is 0 Å². The molecule has 5 heteroatoms. The number of amides is 2. The largest absolute Gasteiger partial charge is 0.341 e. The Morgan fingerprint density at radius 1 is 1.10 bits per heavy atom. The predicted molar refractivity (Wildman–Crippen MR) is 78.3 cm³/mol. The third-order valence-corrected chi connectivity index (χ3v) is 3.73. The minimum Gasteiger partial charge on any atom is -0.341 e. The highest BCUT2D eigenvalue weighted by atomic mass is 16.2. The van der Waals surface area contributed by atoms with E-state index in [1.807, 2.05) is 17.0 Å². The zero-order chi connectivity index (χ0) is 15.2. The maximum Gasteiger partial charge on any atom is 0.227 e. The van der Waals surface area contributed by atoms with Crippen LogP contribution in [-0.4, -0.2) is 47.8 Å². The summed E-state index contributed by atoms with van der Waals surface area (Å²) in [6, 6.07) is 9.14. The first-order valence-electron chi connectivity index (χ1n) is 7.12. The molecular weight excluding hydrogens is 266 g/mol. The second-order valence-electron chi connectivity index (χ2n) is 5.23. The van der Waals surface area contributed by atoms with Gasteiger partial charge in [-0.15, -0.1) is 0 Å². The summed E-state index contributed by atoms with van der Waals surface area (Å²) >= 11 is 0. The van der Waals surface area contributed by atoms with Crippen molar-refractivity contribution in [3.8, 4) is 6.07 Å². The molecule has 0 atom stereocenters. The monoisotopic (exact) mass is 285 g/mol. The second kappa shape index (κ2) is 6.89. The van der Waals surface area contributed by atoms with Crippen molar-refractivity contribution in [1.82, 2.24) is 9.80 Å². The summed E-state index contributed by atoms with van der Waals surface area (Å²) in [6.45, 7) is 4.17. The first-order valence-corrected chi connectivity index (χ1v) is 7.12. The van der Waals surface area contributed by atoms with Gasteiger partial charge < -0.3 is 9.80 Å². The lowest BCUT2D eigenvalue weighted by atomic mass is 10.1. The number of benzene rings is 1. The Morgan fingerprint density at radius 2 is 1.71 bits per heavy atom. The van der Waals surface area contributed by atoms with Crippen molar-refractivity contribution in [2.24, 2.45) is 0 Å². The van der Waals surface area contributed by atoms with Crippen LogP contribution in [0.1, 0.15) is 24.5 Å². The second-order valence-corrected chi connectivity index (χ2v) is 5.23. The normalized spacial score (nSPS) is 15.2. The maximum atomic E-state index is 12.3. The van der Waals surface area contributed by atoms with E-state index >= 15 is 0 Å². The van der Waals surface area contributed by atoms with E-state index in [1.54, 1.807) is 24.0 Å². The molecule has 1 saturated heterocycles. The molecule has 1 aromatic carbocycles. The molecule has 1 aromatic rings. The van der Waals surface area contributed by atoms with Crippen molar-refractivity contribution in [3.05, 3.63) is 35.4 Å². The van der Waals surface area contributed by atoms with Crippen LogP contribution >= 0.6 is 0 Å². The number of hydrogen-bond acceptors (Lipinski definition) is 3. The Hall–Kier alpha value is -2.35. The maximum absolute atomic E-state index is 12.3. The SMILES string of the molecule is CC(=O)N1CCCN(C(=O)Cc2ccc(C#N)cc2)CC1. The van der Waals surface area contributed by atoms with Crippen LogP contribution in [0.15, 0.2) is 24.3 Å². The van der Waals surface area contributed by atoms with Gasteiger partial charge in [-0.3, -0.25) is 9.59 Å². The van der Waals surface area contributed by atoms with E-state index in [0.29, 0.717) is 31.6 Å². The highest BCUT2D eigenvalue weighted by molar-refractivity contribution is 5.79. The molecule has 5 nitrogen and oxygen atoms in total. The third kappa shape index (κ3) is 4.06. The first-order chi connectivity index (χ1) is 10.1. The van der Waals surface area contributed by atoms with Crippen LogP contribution in [0.5, 0.6) is 0 Å². The van der Waals surface area contributed by atoms with Crippen LogP contribution in [0.2, 0.25) is 0 Å². The quantitative estimate of drug-likeness (QED) is 0.819. The Labute approximate surface area is 124 Å². The van der Waals surface area contributed by atoms with Crippen LogP contribution < -0.4 is 0 Å². The summed E-state index contributed by atoms with van der Waals surface area (Å²) in [4.78, 5) is 27.3. The molecule has 0 bridgehead atoms. The number of hydrogen-bond donors (Lipinski definition) is 0. The number of carbonyl (C=O) groups excluding carboxylic acids is 2. The van der Waals surface area contributed by atoms with E-state index in [4.69, 9.17) is 5.26 Å². The van der Waals surface area contributed by atoms with Crippen LogP contribution in [0.4, 0.5) is 0 Å². The van der Waals surface area contributed by atoms with E-state index in [9.17, 15) is 9.59 Å². The summed E-state index contributed by atoms with van der Waals surface area (Å²) in [5.41, 5.74) is 1.50. The van der Waals surface area contributed by atoms with Crippen LogP contribution in [0, 0.1) is 11.3 Å². The minimum absolute atomic E-state index is 0.0661. The van der Waals surface area contributed by atoms with Gasteiger partial charge in [0.1, 0.15) is 0 Å². The molecule has 2 rings (SSSR count). The van der Waals surface area contributed by atoms with Crippen molar-refractivity contribution < 1.29 is 9.59 Å². The average molecular weight is 285 g/mol. The molecule has 0 spiro atoms. The number of rotatable bonds is 2. The molecular formula is C16H19N3O2. The van der Waals surface area contributed by atoms with E-state index in [0.717, 1.165) is 18.5 Å². The van der Waals surface area contributed by atoms with Gasteiger partial charge in [-0.1, -0.05) is 12.1 Å². The van der Waals surface area contributed by atoms with Gasteiger partial charge >= 0.3 is 0 Å². The summed E-state index contributed by atoms with van der Waals surface area (Å²) in [6.07, 6.45) is 1.16. The van der Waals surface area contributed by atoms with Crippen molar-refractivity contribution >= 4 is 11.8 Å². The standard InChI is InChI=1S/C16H19N3O2/c1-13(20)18-7-2-8-19(10-9-18)16(21)11-14-3-5-15(12-17)6-4-14/h3-6H,2,7-11H2,1H3. The Kier molecular flexibility index (Phi) is 4.94. The molecule has 0 radical (unpaired) electrons. The third-order valence-electron chi connectivity index (χ3n) is 3.73. The van der Waals surface area contributed by atoms with Gasteiger partial charge in [-0.25, -0.2) is 0 Å². The van der Waals surface area contributed by atoms with Crippen LogP contribution in [-0.2, 0) is 16.0 Å². The molecule has 2 amide bonds. The Bertz CT molecular complexity index is 560. The highest BCUT2D eigenvalue weighted by Crippen LogP contribution is 2.09. The summed E-state index contributed by atoms with van der Waals surface area (Å²) in [5.74, 6) is 0.140. The van der Waals surface area contributed by atoms with Gasteiger partial charge in [0.05, 0.1) is 18.1 Å². The first kappa shape index (κ1) is 15.0. The lowest BCUT2D eigenvalue weighted by Crippen LogP contribution is -2.37. The van der Waals surface area contributed by atoms with Crippen molar-refractivity contribution in [3.63, 3.8) is 0 Å². The molecule has 21 heavy (non-hydrogen) atoms. The summed E-state index contributed by atoms with van der Waals surface area (Å²) in [7, 11) is 0.